The van der Waals surface area contributed by atoms with Crippen LogP contribution in [0.25, 0.3) is 27.7 Å². The van der Waals surface area contributed by atoms with Crippen LogP contribution in [0.1, 0.15) is 36.3 Å². The minimum absolute atomic E-state index is 0.0906. The molecule has 0 saturated heterocycles. The molecule has 0 bridgehead atoms. The van der Waals surface area contributed by atoms with Crippen LogP contribution in [0.5, 0.6) is 5.75 Å². The summed E-state index contributed by atoms with van der Waals surface area (Å²) in [6.45, 7) is 4.68. The number of hydrogen-bond donors (Lipinski definition) is 2. The van der Waals surface area contributed by atoms with Crippen molar-refractivity contribution >= 4 is 16.9 Å². The normalized spacial score (nSPS) is 11.8. The highest BCUT2D eigenvalue weighted by atomic mass is 19.1. The molecule has 4 rings (SSSR count). The summed E-state index contributed by atoms with van der Waals surface area (Å²) in [6, 6.07) is 18.2. The number of ether oxygens (including phenoxy) is 1. The summed E-state index contributed by atoms with van der Waals surface area (Å²) in [6.07, 6.45) is 0.674. The number of halogens is 1. The molecule has 0 radical (unpaired) electrons. The SMILES string of the molecule is COCCC(C)(C)c1c(-c2cccc(C(=O)O)c2)c2c(O)cccc2n1-c1ccc(F)cc1. The van der Waals surface area contributed by atoms with Crippen molar-refractivity contribution in [3.05, 3.63) is 83.8 Å². The second-order valence-corrected chi connectivity index (χ2v) is 8.72. The van der Waals surface area contributed by atoms with E-state index in [9.17, 15) is 19.4 Å². The minimum atomic E-state index is -1.02. The second kappa shape index (κ2) is 8.71. The number of aromatic nitrogens is 1. The van der Waals surface area contributed by atoms with Gasteiger partial charge in [-0.1, -0.05) is 32.0 Å². The van der Waals surface area contributed by atoms with E-state index in [0.29, 0.717) is 24.0 Å². The number of rotatable bonds is 7. The van der Waals surface area contributed by atoms with Crippen molar-refractivity contribution in [1.82, 2.24) is 4.57 Å². The number of phenols is 1. The summed E-state index contributed by atoms with van der Waals surface area (Å²) in [5, 5.41) is 21.1. The van der Waals surface area contributed by atoms with E-state index >= 15 is 0 Å². The van der Waals surface area contributed by atoms with Crippen LogP contribution in [0, 0.1) is 5.82 Å². The lowest BCUT2D eigenvalue weighted by Crippen LogP contribution is -2.24. The summed E-state index contributed by atoms with van der Waals surface area (Å²) in [7, 11) is 1.65. The van der Waals surface area contributed by atoms with Gasteiger partial charge < -0.3 is 19.5 Å². The zero-order chi connectivity index (χ0) is 23.8. The van der Waals surface area contributed by atoms with Crippen LogP contribution in [0.3, 0.4) is 0 Å². The molecule has 6 heteroatoms. The van der Waals surface area contributed by atoms with Gasteiger partial charge in [-0.3, -0.25) is 0 Å². The van der Waals surface area contributed by atoms with Gasteiger partial charge in [0.2, 0.25) is 0 Å². The highest BCUT2D eigenvalue weighted by Crippen LogP contribution is 2.46. The van der Waals surface area contributed by atoms with Gasteiger partial charge in [-0.15, -0.1) is 0 Å². The van der Waals surface area contributed by atoms with Crippen molar-refractivity contribution in [2.75, 3.05) is 13.7 Å². The maximum absolute atomic E-state index is 13.8. The fourth-order valence-corrected chi connectivity index (χ4v) is 4.39. The molecule has 1 aromatic heterocycles. The minimum Gasteiger partial charge on any atom is -0.507 e. The number of benzene rings is 3. The van der Waals surface area contributed by atoms with Crippen molar-refractivity contribution in [3.8, 4) is 22.6 Å². The highest BCUT2D eigenvalue weighted by Gasteiger charge is 2.32. The fraction of sp³-hybridized carbons (Fsp3) is 0.222. The van der Waals surface area contributed by atoms with E-state index in [-0.39, 0.29) is 17.1 Å². The number of aromatic carboxylic acids is 1. The molecule has 0 aliphatic heterocycles. The Hall–Kier alpha value is -3.64. The smallest absolute Gasteiger partial charge is 0.335 e. The Bertz CT molecular complexity index is 1320. The first-order chi connectivity index (χ1) is 15.7. The molecule has 170 valence electrons. The largest absolute Gasteiger partial charge is 0.507 e. The van der Waals surface area contributed by atoms with Crippen molar-refractivity contribution in [3.63, 3.8) is 0 Å². The summed E-state index contributed by atoms with van der Waals surface area (Å²) in [5.74, 6) is -1.27. The topological polar surface area (TPSA) is 71.7 Å². The molecular weight excluding hydrogens is 421 g/mol. The van der Waals surface area contributed by atoms with E-state index in [1.54, 1.807) is 49.6 Å². The monoisotopic (exact) mass is 447 g/mol. The van der Waals surface area contributed by atoms with Gasteiger partial charge in [-0.05, 0) is 60.5 Å². The van der Waals surface area contributed by atoms with E-state index < -0.39 is 11.4 Å². The molecule has 0 unspecified atom stereocenters. The van der Waals surface area contributed by atoms with Gasteiger partial charge in [0, 0.05) is 41.5 Å². The zero-order valence-electron chi connectivity index (χ0n) is 18.8. The second-order valence-electron chi connectivity index (χ2n) is 8.72. The number of methoxy groups -OCH3 is 1. The fourth-order valence-electron chi connectivity index (χ4n) is 4.39. The Morgan fingerprint density at radius 3 is 2.42 bits per heavy atom. The Labute approximate surface area is 191 Å². The van der Waals surface area contributed by atoms with Crippen LogP contribution >= 0.6 is 0 Å². The number of carboxylic acid groups (broad SMARTS) is 1. The average Bonchev–Trinajstić information content (AvgIpc) is 3.16. The summed E-state index contributed by atoms with van der Waals surface area (Å²) in [5.41, 5.74) is 3.52. The Morgan fingerprint density at radius 1 is 1.06 bits per heavy atom. The zero-order valence-corrected chi connectivity index (χ0v) is 18.8. The predicted octanol–water partition coefficient (Wildman–Crippen LogP) is 6.15. The first-order valence-corrected chi connectivity index (χ1v) is 10.7. The van der Waals surface area contributed by atoms with E-state index in [1.165, 1.54) is 12.1 Å². The first kappa shape index (κ1) is 22.6. The van der Waals surface area contributed by atoms with Crippen LogP contribution in [-0.2, 0) is 10.2 Å². The van der Waals surface area contributed by atoms with E-state index in [4.69, 9.17) is 4.74 Å². The number of nitrogens with zero attached hydrogens (tertiary/aromatic N) is 1. The van der Waals surface area contributed by atoms with E-state index in [0.717, 1.165) is 22.5 Å². The van der Waals surface area contributed by atoms with Gasteiger partial charge in [0.05, 0.1) is 11.1 Å². The van der Waals surface area contributed by atoms with Crippen molar-refractivity contribution in [2.24, 2.45) is 0 Å². The van der Waals surface area contributed by atoms with Crippen molar-refractivity contribution in [2.45, 2.75) is 25.7 Å². The molecule has 4 aromatic rings. The molecule has 0 aliphatic carbocycles. The number of carboxylic acids is 1. The summed E-state index contributed by atoms with van der Waals surface area (Å²) in [4.78, 5) is 11.7. The van der Waals surface area contributed by atoms with Gasteiger partial charge in [0.25, 0.3) is 0 Å². The first-order valence-electron chi connectivity index (χ1n) is 10.7. The van der Waals surface area contributed by atoms with Gasteiger partial charge >= 0.3 is 5.97 Å². The summed E-state index contributed by atoms with van der Waals surface area (Å²) >= 11 is 0. The third kappa shape index (κ3) is 4.10. The molecule has 0 aliphatic rings. The number of phenolic OH excluding ortho intramolecular Hbond substituents is 1. The van der Waals surface area contributed by atoms with Crippen molar-refractivity contribution < 1.29 is 24.1 Å². The Balaban J connectivity index is 2.16. The van der Waals surface area contributed by atoms with Crippen LogP contribution in [-0.4, -0.2) is 34.5 Å². The number of carbonyl (C=O) groups is 1. The third-order valence-electron chi connectivity index (χ3n) is 6.03. The highest BCUT2D eigenvalue weighted by molar-refractivity contribution is 6.04. The van der Waals surface area contributed by atoms with Gasteiger partial charge in [0.15, 0.2) is 0 Å². The molecule has 3 aromatic carbocycles. The van der Waals surface area contributed by atoms with Crippen LogP contribution < -0.4 is 0 Å². The molecule has 33 heavy (non-hydrogen) atoms. The lowest BCUT2D eigenvalue weighted by atomic mass is 9.81. The van der Waals surface area contributed by atoms with Gasteiger partial charge in [0.1, 0.15) is 11.6 Å². The Kier molecular flexibility index (Phi) is 5.95. The molecule has 2 N–H and O–H groups in total. The maximum Gasteiger partial charge on any atom is 0.335 e. The lowest BCUT2D eigenvalue weighted by molar-refractivity contribution is 0.0697. The van der Waals surface area contributed by atoms with Crippen LogP contribution in [0.15, 0.2) is 66.7 Å². The molecular formula is C27H26FNO4. The molecule has 1 heterocycles. The van der Waals surface area contributed by atoms with Gasteiger partial charge in [-0.25, -0.2) is 9.18 Å². The predicted molar refractivity (Wildman–Crippen MR) is 127 cm³/mol. The third-order valence-corrected chi connectivity index (χ3v) is 6.03. The average molecular weight is 448 g/mol. The van der Waals surface area contributed by atoms with Crippen LogP contribution in [0.4, 0.5) is 4.39 Å². The van der Waals surface area contributed by atoms with Gasteiger partial charge in [-0.2, -0.15) is 0 Å². The maximum atomic E-state index is 13.8. The lowest BCUT2D eigenvalue weighted by Gasteiger charge is -2.29. The molecule has 5 nitrogen and oxygen atoms in total. The summed E-state index contributed by atoms with van der Waals surface area (Å²) < 4.78 is 21.1. The molecule has 0 atom stereocenters. The van der Waals surface area contributed by atoms with Crippen molar-refractivity contribution in [1.29, 1.82) is 0 Å². The number of aromatic hydroxyl groups is 1. The molecule has 0 spiro atoms. The molecule has 0 amide bonds. The number of fused-ring (bicyclic) bond motifs is 1. The standard InChI is InChI=1S/C27H26FNO4/c1-27(2,14-15-33-3)25-23(17-6-4-7-18(16-17)26(31)32)24-21(8-5-9-22(24)30)29(25)20-12-10-19(28)11-13-20/h4-13,16,30H,14-15H2,1-3H3,(H,31,32). The quantitative estimate of drug-likeness (QED) is 0.356. The van der Waals surface area contributed by atoms with E-state index in [2.05, 4.69) is 13.8 Å². The molecule has 0 saturated carbocycles. The van der Waals surface area contributed by atoms with Crippen LogP contribution in [0.2, 0.25) is 0 Å². The Morgan fingerprint density at radius 2 is 1.76 bits per heavy atom. The van der Waals surface area contributed by atoms with E-state index in [1.807, 2.05) is 16.7 Å². The number of hydrogen-bond acceptors (Lipinski definition) is 3. The molecule has 0 fully saturated rings.